The van der Waals surface area contributed by atoms with E-state index in [1.807, 2.05) is 6.92 Å². The van der Waals surface area contributed by atoms with Crippen LogP contribution in [0.3, 0.4) is 0 Å². The molecule has 0 aliphatic rings. The lowest BCUT2D eigenvalue weighted by atomic mass is 10.0. The molecule has 0 heterocycles. The zero-order valence-corrected chi connectivity index (χ0v) is 12.2. The van der Waals surface area contributed by atoms with Crippen LogP contribution in [-0.4, -0.2) is 37.7 Å². The zero-order valence-electron chi connectivity index (χ0n) is 12.2. The second-order valence-electron chi connectivity index (χ2n) is 4.73. The lowest BCUT2D eigenvalue weighted by molar-refractivity contribution is 0.114. The third-order valence-corrected chi connectivity index (χ3v) is 3.27. The van der Waals surface area contributed by atoms with E-state index in [-0.39, 0.29) is 6.04 Å². The first-order valence-electron chi connectivity index (χ1n) is 7.08. The molecule has 2 N–H and O–H groups in total. The van der Waals surface area contributed by atoms with Crippen molar-refractivity contribution in [3.63, 3.8) is 0 Å². The zero-order chi connectivity index (χ0) is 15.0. The Labute approximate surface area is 119 Å². The monoisotopic (exact) mass is 286 g/mol. The van der Waals surface area contributed by atoms with Gasteiger partial charge in [-0.05, 0) is 37.6 Å². The molecule has 0 aliphatic heterocycles. The van der Waals surface area contributed by atoms with E-state index in [1.165, 1.54) is 12.1 Å². The minimum Gasteiger partial charge on any atom is -0.380 e. The Morgan fingerprint density at radius 2 is 1.80 bits per heavy atom. The Hall–Kier alpha value is -1.04. The molecule has 0 saturated heterocycles. The van der Waals surface area contributed by atoms with E-state index < -0.39 is 11.6 Å². The number of nitrogens with zero attached hydrogens (tertiary/aromatic N) is 1. The minimum atomic E-state index is -0.584. The number of ether oxygens (including phenoxy) is 1. The van der Waals surface area contributed by atoms with E-state index >= 15 is 0 Å². The molecular weight excluding hydrogens is 262 g/mol. The van der Waals surface area contributed by atoms with E-state index in [0.29, 0.717) is 25.2 Å². The third kappa shape index (κ3) is 5.94. The summed E-state index contributed by atoms with van der Waals surface area (Å²) >= 11 is 0. The number of benzene rings is 1. The second-order valence-corrected chi connectivity index (χ2v) is 4.73. The summed E-state index contributed by atoms with van der Waals surface area (Å²) in [6.07, 6.45) is 0.656. The van der Waals surface area contributed by atoms with Gasteiger partial charge in [0.25, 0.3) is 0 Å². The Bertz CT molecular complexity index is 381. The van der Waals surface area contributed by atoms with Crippen molar-refractivity contribution >= 4 is 0 Å². The topological polar surface area (TPSA) is 38.5 Å². The molecule has 0 radical (unpaired) electrons. The second kappa shape index (κ2) is 9.00. The summed E-state index contributed by atoms with van der Waals surface area (Å²) in [5, 5.41) is 0. The number of hydrogen-bond acceptors (Lipinski definition) is 3. The average molecular weight is 286 g/mol. The van der Waals surface area contributed by atoms with Gasteiger partial charge in [0.15, 0.2) is 0 Å². The number of halogens is 2. The molecule has 0 bridgehead atoms. The van der Waals surface area contributed by atoms with Crippen LogP contribution >= 0.6 is 0 Å². The fraction of sp³-hybridized carbons (Fsp3) is 0.600. The van der Waals surface area contributed by atoms with Crippen molar-refractivity contribution in [1.82, 2.24) is 4.90 Å². The molecule has 3 nitrogen and oxygen atoms in total. The van der Waals surface area contributed by atoms with Crippen molar-refractivity contribution in [2.24, 2.45) is 5.73 Å². The van der Waals surface area contributed by atoms with Crippen LogP contribution < -0.4 is 5.73 Å². The SMILES string of the molecule is CCOCCN(CC)CCC(N)c1cc(F)cc(F)c1. The van der Waals surface area contributed by atoms with Crippen molar-refractivity contribution in [2.75, 3.05) is 32.8 Å². The van der Waals surface area contributed by atoms with Crippen LogP contribution in [0.4, 0.5) is 8.78 Å². The highest BCUT2D eigenvalue weighted by molar-refractivity contribution is 5.21. The van der Waals surface area contributed by atoms with Crippen molar-refractivity contribution in [1.29, 1.82) is 0 Å². The molecule has 0 spiro atoms. The van der Waals surface area contributed by atoms with Crippen molar-refractivity contribution in [3.8, 4) is 0 Å². The van der Waals surface area contributed by atoms with Gasteiger partial charge in [-0.15, -0.1) is 0 Å². The predicted octanol–water partition coefficient (Wildman–Crippen LogP) is 2.71. The van der Waals surface area contributed by atoms with Gasteiger partial charge in [-0.25, -0.2) is 8.78 Å². The van der Waals surface area contributed by atoms with Gasteiger partial charge in [0.1, 0.15) is 11.6 Å². The fourth-order valence-electron chi connectivity index (χ4n) is 2.04. The maximum absolute atomic E-state index is 13.1. The summed E-state index contributed by atoms with van der Waals surface area (Å²) in [5.41, 5.74) is 6.50. The third-order valence-electron chi connectivity index (χ3n) is 3.27. The van der Waals surface area contributed by atoms with Crippen LogP contribution in [0.25, 0.3) is 0 Å². The molecule has 1 aromatic rings. The molecule has 0 saturated carbocycles. The van der Waals surface area contributed by atoms with Crippen LogP contribution in [0, 0.1) is 11.6 Å². The molecule has 1 aromatic carbocycles. The predicted molar refractivity (Wildman–Crippen MR) is 76.5 cm³/mol. The molecule has 0 aromatic heterocycles. The van der Waals surface area contributed by atoms with Crippen LogP contribution in [-0.2, 0) is 4.74 Å². The van der Waals surface area contributed by atoms with Gasteiger partial charge in [-0.3, -0.25) is 0 Å². The normalized spacial score (nSPS) is 12.9. The van der Waals surface area contributed by atoms with Crippen molar-refractivity contribution in [3.05, 3.63) is 35.4 Å². The molecule has 5 heteroatoms. The molecule has 0 fully saturated rings. The average Bonchev–Trinajstić information content (AvgIpc) is 2.41. The van der Waals surface area contributed by atoms with E-state index in [4.69, 9.17) is 10.5 Å². The summed E-state index contributed by atoms with van der Waals surface area (Å²) in [5.74, 6) is -1.17. The van der Waals surface area contributed by atoms with Gasteiger partial charge in [0.2, 0.25) is 0 Å². The maximum atomic E-state index is 13.1. The summed E-state index contributed by atoms with van der Waals surface area (Å²) in [7, 11) is 0. The molecule has 1 unspecified atom stereocenters. The van der Waals surface area contributed by atoms with Gasteiger partial charge in [-0.1, -0.05) is 6.92 Å². The van der Waals surface area contributed by atoms with Crippen LogP contribution in [0.15, 0.2) is 18.2 Å². The molecule has 0 amide bonds. The van der Waals surface area contributed by atoms with Crippen LogP contribution in [0.1, 0.15) is 31.9 Å². The quantitative estimate of drug-likeness (QED) is 0.709. The summed E-state index contributed by atoms with van der Waals surface area (Å²) in [4.78, 5) is 2.21. The van der Waals surface area contributed by atoms with Gasteiger partial charge in [0.05, 0.1) is 6.61 Å². The van der Waals surface area contributed by atoms with Crippen LogP contribution in [0.2, 0.25) is 0 Å². The molecule has 1 atom stereocenters. The first kappa shape index (κ1) is 17.0. The van der Waals surface area contributed by atoms with Gasteiger partial charge >= 0.3 is 0 Å². The first-order chi connectivity index (χ1) is 9.56. The number of rotatable bonds is 9. The Kier molecular flexibility index (Phi) is 7.65. The standard InChI is InChI=1S/C15H24F2N2O/c1-3-19(7-8-20-4-2)6-5-15(18)12-9-13(16)11-14(17)10-12/h9-11,15H,3-8,18H2,1-2H3. The smallest absolute Gasteiger partial charge is 0.126 e. The summed E-state index contributed by atoms with van der Waals surface area (Å²) in [6, 6.07) is 3.09. The summed E-state index contributed by atoms with van der Waals surface area (Å²) in [6.45, 7) is 7.95. The summed E-state index contributed by atoms with van der Waals surface area (Å²) < 4.78 is 31.6. The lowest BCUT2D eigenvalue weighted by Gasteiger charge is -2.22. The highest BCUT2D eigenvalue weighted by atomic mass is 19.1. The van der Waals surface area contributed by atoms with E-state index in [2.05, 4.69) is 11.8 Å². The largest absolute Gasteiger partial charge is 0.380 e. The Morgan fingerprint density at radius 3 is 2.35 bits per heavy atom. The van der Waals surface area contributed by atoms with E-state index in [9.17, 15) is 8.78 Å². The van der Waals surface area contributed by atoms with Gasteiger partial charge in [0, 0.05) is 31.8 Å². The maximum Gasteiger partial charge on any atom is 0.126 e. The Balaban J connectivity index is 2.46. The minimum absolute atomic E-state index is 0.360. The highest BCUT2D eigenvalue weighted by Gasteiger charge is 2.11. The first-order valence-corrected chi connectivity index (χ1v) is 7.08. The van der Waals surface area contributed by atoms with E-state index in [0.717, 1.165) is 25.7 Å². The number of nitrogens with two attached hydrogens (primary N) is 1. The van der Waals surface area contributed by atoms with E-state index in [1.54, 1.807) is 0 Å². The van der Waals surface area contributed by atoms with Gasteiger partial charge < -0.3 is 15.4 Å². The van der Waals surface area contributed by atoms with Crippen molar-refractivity contribution in [2.45, 2.75) is 26.3 Å². The molecule has 1 rings (SSSR count). The number of likely N-dealkylation sites (N-methyl/N-ethyl adjacent to an activating group) is 1. The van der Waals surface area contributed by atoms with Gasteiger partial charge in [-0.2, -0.15) is 0 Å². The molecule has 0 aliphatic carbocycles. The molecule has 114 valence electrons. The Morgan fingerprint density at radius 1 is 1.15 bits per heavy atom. The fourth-order valence-corrected chi connectivity index (χ4v) is 2.04. The number of hydrogen-bond donors (Lipinski definition) is 1. The van der Waals surface area contributed by atoms with Crippen molar-refractivity contribution < 1.29 is 13.5 Å². The highest BCUT2D eigenvalue weighted by Crippen LogP contribution is 2.17. The van der Waals surface area contributed by atoms with Crippen LogP contribution in [0.5, 0.6) is 0 Å². The molecule has 20 heavy (non-hydrogen) atoms. The lowest BCUT2D eigenvalue weighted by Crippen LogP contribution is -2.30. The molecular formula is C15H24F2N2O.